The van der Waals surface area contributed by atoms with Crippen LogP contribution in [0.3, 0.4) is 0 Å². The van der Waals surface area contributed by atoms with Gasteiger partial charge in [0.2, 0.25) is 5.91 Å². The average molecular weight is 341 g/mol. The van der Waals surface area contributed by atoms with Gasteiger partial charge in [-0.1, -0.05) is 44.5 Å². The van der Waals surface area contributed by atoms with Crippen LogP contribution in [0.5, 0.6) is 0 Å². The molecule has 0 fully saturated rings. The summed E-state index contributed by atoms with van der Waals surface area (Å²) in [5.74, 6) is -0.801. The Kier molecular flexibility index (Phi) is 7.52. The number of rotatable bonds is 7. The third-order valence-electron chi connectivity index (χ3n) is 3.87. The summed E-state index contributed by atoms with van der Waals surface area (Å²) in [5, 5.41) is 15.1. The lowest BCUT2D eigenvalue weighted by Gasteiger charge is -2.26. The summed E-state index contributed by atoms with van der Waals surface area (Å²) in [7, 11) is 0. The van der Waals surface area contributed by atoms with E-state index in [4.69, 9.17) is 16.7 Å². The molecule has 0 aliphatic heterocycles. The van der Waals surface area contributed by atoms with Crippen LogP contribution in [0.15, 0.2) is 24.3 Å². The molecule has 3 unspecified atom stereocenters. The number of carbonyl (C=O) groups excluding carboxylic acids is 2. The summed E-state index contributed by atoms with van der Waals surface area (Å²) in [5.41, 5.74) is 0.337. The normalized spacial score (nSPS) is 14.9. The Hall–Kier alpha value is -1.59. The summed E-state index contributed by atoms with van der Waals surface area (Å²) >= 11 is 6.02. The number of hydrogen-bond donors (Lipinski definition) is 3. The molecule has 6 heteroatoms. The lowest BCUT2D eigenvalue weighted by atomic mass is 10.00. The molecule has 0 heterocycles. The Labute approximate surface area is 142 Å². The third kappa shape index (κ3) is 5.52. The Balaban J connectivity index is 2.81. The van der Waals surface area contributed by atoms with Gasteiger partial charge in [0.15, 0.2) is 0 Å². The van der Waals surface area contributed by atoms with Gasteiger partial charge in [-0.05, 0) is 30.9 Å². The van der Waals surface area contributed by atoms with Crippen LogP contribution in [-0.2, 0) is 4.79 Å². The number of hydrogen-bond acceptors (Lipinski definition) is 3. The Morgan fingerprint density at radius 2 is 1.74 bits per heavy atom. The van der Waals surface area contributed by atoms with Crippen molar-refractivity contribution in [2.24, 2.45) is 11.8 Å². The van der Waals surface area contributed by atoms with E-state index >= 15 is 0 Å². The quantitative estimate of drug-likeness (QED) is 0.712. The second kappa shape index (κ2) is 8.89. The molecule has 0 aliphatic carbocycles. The van der Waals surface area contributed by atoms with Crippen molar-refractivity contribution in [1.29, 1.82) is 0 Å². The average Bonchev–Trinajstić information content (AvgIpc) is 2.51. The van der Waals surface area contributed by atoms with Crippen molar-refractivity contribution >= 4 is 23.4 Å². The number of benzene rings is 1. The van der Waals surface area contributed by atoms with E-state index in [-0.39, 0.29) is 36.3 Å². The molecule has 1 aromatic carbocycles. The fraction of sp³-hybridized carbons (Fsp3) is 0.529. The van der Waals surface area contributed by atoms with Gasteiger partial charge in [0.25, 0.3) is 5.91 Å². The van der Waals surface area contributed by atoms with E-state index in [2.05, 4.69) is 10.6 Å². The number of aliphatic hydroxyl groups excluding tert-OH is 1. The molecule has 0 saturated carbocycles. The highest BCUT2D eigenvalue weighted by atomic mass is 35.5. The largest absolute Gasteiger partial charge is 0.396 e. The second-order valence-corrected chi connectivity index (χ2v) is 6.54. The summed E-state index contributed by atoms with van der Waals surface area (Å²) < 4.78 is 0. The minimum Gasteiger partial charge on any atom is -0.396 e. The van der Waals surface area contributed by atoms with Gasteiger partial charge in [-0.15, -0.1) is 0 Å². The SMILES string of the molecule is CC(C)C(NC(=O)c1ccccc1Cl)C(=O)NC(C)C(C)CO. The molecular formula is C17H25ClN2O3. The standard InChI is InChI=1S/C17H25ClN2O3/c1-10(2)15(17(23)19-12(4)11(3)9-21)20-16(22)13-7-5-6-8-14(13)18/h5-8,10-12,15,21H,9H2,1-4H3,(H,19,23)(H,20,22). The van der Waals surface area contributed by atoms with E-state index in [1.807, 2.05) is 27.7 Å². The van der Waals surface area contributed by atoms with E-state index in [1.54, 1.807) is 24.3 Å². The first-order chi connectivity index (χ1) is 10.8. The Morgan fingerprint density at radius 1 is 1.13 bits per heavy atom. The lowest BCUT2D eigenvalue weighted by Crippen LogP contribution is -2.52. The smallest absolute Gasteiger partial charge is 0.253 e. The molecule has 0 aromatic heterocycles. The Bertz CT molecular complexity index is 548. The zero-order chi connectivity index (χ0) is 17.6. The van der Waals surface area contributed by atoms with E-state index in [0.29, 0.717) is 10.6 Å². The third-order valence-corrected chi connectivity index (χ3v) is 4.20. The van der Waals surface area contributed by atoms with Crippen LogP contribution in [0.25, 0.3) is 0 Å². The minimum atomic E-state index is -0.674. The summed E-state index contributed by atoms with van der Waals surface area (Å²) in [6.07, 6.45) is 0. The molecule has 3 N–H and O–H groups in total. The second-order valence-electron chi connectivity index (χ2n) is 6.13. The minimum absolute atomic E-state index is 0.0141. The number of aliphatic hydroxyl groups is 1. The maximum Gasteiger partial charge on any atom is 0.253 e. The van der Waals surface area contributed by atoms with Crippen LogP contribution in [-0.4, -0.2) is 35.6 Å². The first kappa shape index (κ1) is 19.5. The van der Waals surface area contributed by atoms with Crippen LogP contribution in [0.2, 0.25) is 5.02 Å². The monoisotopic (exact) mass is 340 g/mol. The van der Waals surface area contributed by atoms with Gasteiger partial charge in [-0.25, -0.2) is 0 Å². The highest BCUT2D eigenvalue weighted by Crippen LogP contribution is 2.15. The molecule has 2 amide bonds. The van der Waals surface area contributed by atoms with E-state index < -0.39 is 6.04 Å². The van der Waals surface area contributed by atoms with Gasteiger partial charge < -0.3 is 15.7 Å². The van der Waals surface area contributed by atoms with Gasteiger partial charge in [0.05, 0.1) is 10.6 Å². The maximum atomic E-state index is 12.4. The number of halogens is 1. The summed E-state index contributed by atoms with van der Waals surface area (Å²) in [4.78, 5) is 24.8. The molecule has 1 aromatic rings. The topological polar surface area (TPSA) is 78.4 Å². The van der Waals surface area contributed by atoms with Crippen molar-refractivity contribution in [3.05, 3.63) is 34.9 Å². The van der Waals surface area contributed by atoms with E-state index in [9.17, 15) is 9.59 Å². The molecule has 3 atom stereocenters. The van der Waals surface area contributed by atoms with Crippen molar-refractivity contribution in [3.63, 3.8) is 0 Å². The van der Waals surface area contributed by atoms with Crippen LogP contribution >= 0.6 is 11.6 Å². The molecule has 5 nitrogen and oxygen atoms in total. The van der Waals surface area contributed by atoms with Crippen LogP contribution in [0.4, 0.5) is 0 Å². The molecule has 1 rings (SSSR count). The number of carbonyl (C=O) groups is 2. The first-order valence-corrected chi connectivity index (χ1v) is 8.12. The predicted octanol–water partition coefficient (Wildman–Crippen LogP) is 2.23. The van der Waals surface area contributed by atoms with Gasteiger partial charge in [0.1, 0.15) is 6.04 Å². The van der Waals surface area contributed by atoms with Crippen molar-refractivity contribution in [1.82, 2.24) is 10.6 Å². The van der Waals surface area contributed by atoms with Gasteiger partial charge in [0, 0.05) is 12.6 Å². The van der Waals surface area contributed by atoms with Crippen molar-refractivity contribution in [2.75, 3.05) is 6.61 Å². The fourth-order valence-corrected chi connectivity index (χ4v) is 2.24. The van der Waals surface area contributed by atoms with Crippen LogP contribution < -0.4 is 10.6 Å². The highest BCUT2D eigenvalue weighted by Gasteiger charge is 2.27. The van der Waals surface area contributed by atoms with Gasteiger partial charge >= 0.3 is 0 Å². The van der Waals surface area contributed by atoms with Crippen molar-refractivity contribution in [3.8, 4) is 0 Å². The highest BCUT2D eigenvalue weighted by molar-refractivity contribution is 6.33. The molecule has 128 valence electrons. The maximum absolute atomic E-state index is 12.4. The predicted molar refractivity (Wildman–Crippen MR) is 91.4 cm³/mol. The number of amides is 2. The molecule has 0 saturated heterocycles. The van der Waals surface area contributed by atoms with E-state index in [1.165, 1.54) is 0 Å². The number of nitrogens with one attached hydrogen (secondary N) is 2. The van der Waals surface area contributed by atoms with Gasteiger partial charge in [-0.3, -0.25) is 9.59 Å². The first-order valence-electron chi connectivity index (χ1n) is 7.74. The molecular weight excluding hydrogens is 316 g/mol. The molecule has 23 heavy (non-hydrogen) atoms. The molecule has 0 spiro atoms. The van der Waals surface area contributed by atoms with E-state index in [0.717, 1.165) is 0 Å². The fourth-order valence-electron chi connectivity index (χ4n) is 2.01. The van der Waals surface area contributed by atoms with Crippen molar-refractivity contribution < 1.29 is 14.7 Å². The summed E-state index contributed by atoms with van der Waals surface area (Å²) in [6, 6.07) is 5.84. The molecule has 0 radical (unpaired) electrons. The molecule has 0 aliphatic rings. The Morgan fingerprint density at radius 3 is 2.26 bits per heavy atom. The zero-order valence-electron chi connectivity index (χ0n) is 14.0. The molecule has 0 bridgehead atoms. The van der Waals surface area contributed by atoms with Crippen LogP contribution in [0.1, 0.15) is 38.1 Å². The van der Waals surface area contributed by atoms with Crippen LogP contribution in [0, 0.1) is 11.8 Å². The van der Waals surface area contributed by atoms with Gasteiger partial charge in [-0.2, -0.15) is 0 Å². The van der Waals surface area contributed by atoms with Crippen molar-refractivity contribution in [2.45, 2.75) is 39.8 Å². The zero-order valence-corrected chi connectivity index (χ0v) is 14.7. The lowest BCUT2D eigenvalue weighted by molar-refractivity contribution is -0.125. The summed E-state index contributed by atoms with van der Waals surface area (Å²) in [6.45, 7) is 7.37.